The molecule has 0 spiro atoms. The third-order valence-electron chi connectivity index (χ3n) is 6.79. The topological polar surface area (TPSA) is 63.3 Å². The summed E-state index contributed by atoms with van der Waals surface area (Å²) in [6.45, 7) is 7.39. The molecule has 178 valence electrons. The van der Waals surface area contributed by atoms with Gasteiger partial charge in [0.2, 0.25) is 0 Å². The van der Waals surface area contributed by atoms with Crippen molar-refractivity contribution < 1.29 is 18.0 Å². The number of carbonyl (C=O) groups is 1. The van der Waals surface area contributed by atoms with Gasteiger partial charge in [0.05, 0.1) is 12.1 Å². The van der Waals surface area contributed by atoms with Crippen molar-refractivity contribution in [3.63, 3.8) is 0 Å². The van der Waals surface area contributed by atoms with Crippen LogP contribution in [-0.2, 0) is 12.6 Å². The summed E-state index contributed by atoms with van der Waals surface area (Å²) in [5.41, 5.74) is 0.925. The largest absolute Gasteiger partial charge is 0.416 e. The van der Waals surface area contributed by atoms with Gasteiger partial charge in [0.25, 0.3) is 5.91 Å². The molecule has 5 rings (SSSR count). The van der Waals surface area contributed by atoms with E-state index < -0.39 is 11.7 Å². The number of benzene rings is 1. The van der Waals surface area contributed by atoms with Crippen molar-refractivity contribution in [1.82, 2.24) is 19.9 Å². The molecule has 0 radical (unpaired) electrons. The smallest absolute Gasteiger partial charge is 0.332 e. The fraction of sp³-hybridized carbons (Fsp3) is 0.346. The Kier molecular flexibility index (Phi) is 5.97. The zero-order valence-electron chi connectivity index (χ0n) is 18.7. The minimum Gasteiger partial charge on any atom is -0.332 e. The fourth-order valence-corrected chi connectivity index (χ4v) is 4.96. The number of likely N-dealkylation sites (tertiary alicyclic amines) is 1. The van der Waals surface area contributed by atoms with E-state index in [0.29, 0.717) is 47.1 Å². The third-order valence-corrected chi connectivity index (χ3v) is 6.79. The lowest BCUT2D eigenvalue weighted by Crippen LogP contribution is -2.45. The van der Waals surface area contributed by atoms with E-state index in [1.54, 1.807) is 36.7 Å². The van der Waals surface area contributed by atoms with Gasteiger partial charge in [-0.2, -0.15) is 13.2 Å². The first-order valence-corrected chi connectivity index (χ1v) is 11.5. The quantitative estimate of drug-likeness (QED) is 0.440. The Balaban J connectivity index is 1.43. The van der Waals surface area contributed by atoms with Gasteiger partial charge in [0, 0.05) is 47.5 Å². The van der Waals surface area contributed by atoms with E-state index in [0.717, 1.165) is 31.4 Å². The van der Waals surface area contributed by atoms with Crippen LogP contribution in [0.3, 0.4) is 0 Å². The van der Waals surface area contributed by atoms with Crippen LogP contribution in [-0.4, -0.2) is 37.8 Å². The molecular weight excluding hydrogens is 455 g/mol. The third kappa shape index (κ3) is 4.74. The zero-order valence-corrected chi connectivity index (χ0v) is 18.7. The highest BCUT2D eigenvalue weighted by atomic mass is 19.4. The Morgan fingerprint density at radius 1 is 1.09 bits per heavy atom. The van der Waals surface area contributed by atoms with Crippen LogP contribution in [0.15, 0.2) is 55.0 Å². The first-order chi connectivity index (χ1) is 16.8. The molecule has 0 N–H and O–H groups in total. The van der Waals surface area contributed by atoms with Crippen LogP contribution in [0.4, 0.5) is 18.9 Å². The maximum absolute atomic E-state index is 13.9. The van der Waals surface area contributed by atoms with Gasteiger partial charge in [0.15, 0.2) is 11.5 Å². The van der Waals surface area contributed by atoms with Crippen molar-refractivity contribution in [3.05, 3.63) is 83.2 Å². The van der Waals surface area contributed by atoms with Gasteiger partial charge in [-0.05, 0) is 62.3 Å². The Hall–Kier alpha value is -3.80. The molecule has 1 aliphatic carbocycles. The summed E-state index contributed by atoms with van der Waals surface area (Å²) in [5.74, 6) is 0.663. The van der Waals surface area contributed by atoms with Crippen LogP contribution >= 0.6 is 0 Å². The Morgan fingerprint density at radius 2 is 1.89 bits per heavy atom. The molecule has 2 unspecified atom stereocenters. The van der Waals surface area contributed by atoms with E-state index in [9.17, 15) is 18.0 Å². The summed E-state index contributed by atoms with van der Waals surface area (Å²) in [4.78, 5) is 32.0. The van der Waals surface area contributed by atoms with Crippen LogP contribution in [0.1, 0.15) is 47.3 Å². The maximum Gasteiger partial charge on any atom is 0.416 e. The molecule has 0 bridgehead atoms. The molecule has 1 saturated heterocycles. The number of nitrogens with zero attached hydrogens (tertiary/aromatic N) is 5. The Bertz CT molecular complexity index is 1290. The summed E-state index contributed by atoms with van der Waals surface area (Å²) in [6, 6.07) is 8.65. The second-order valence-corrected chi connectivity index (χ2v) is 8.99. The monoisotopic (exact) mass is 477 g/mol. The molecule has 2 fully saturated rings. The first-order valence-electron chi connectivity index (χ1n) is 11.5. The van der Waals surface area contributed by atoms with Crippen molar-refractivity contribution in [2.45, 2.75) is 50.4 Å². The number of piperidine rings is 1. The fourth-order valence-electron chi connectivity index (χ4n) is 4.96. The molecule has 1 saturated carbocycles. The van der Waals surface area contributed by atoms with Crippen molar-refractivity contribution in [2.24, 2.45) is 5.92 Å². The molecule has 3 heterocycles. The predicted octanol–water partition coefficient (Wildman–Crippen LogP) is 5.73. The lowest BCUT2D eigenvalue weighted by molar-refractivity contribution is -0.137. The molecule has 3 atom stereocenters. The molecule has 2 aliphatic rings. The van der Waals surface area contributed by atoms with E-state index in [4.69, 9.17) is 6.57 Å². The van der Waals surface area contributed by atoms with E-state index >= 15 is 0 Å². The number of fused-ring (bicyclic) bond motifs is 1. The average Bonchev–Trinajstić information content (AvgIpc) is 3.66. The first kappa shape index (κ1) is 23.0. The van der Waals surface area contributed by atoms with Crippen molar-refractivity contribution >= 4 is 11.6 Å². The number of hydrogen-bond donors (Lipinski definition) is 0. The average molecular weight is 477 g/mol. The van der Waals surface area contributed by atoms with Gasteiger partial charge >= 0.3 is 6.18 Å². The summed E-state index contributed by atoms with van der Waals surface area (Å²) >= 11 is 0. The number of carbonyl (C=O) groups excluding carboxylic acids is 1. The molecule has 1 aromatic carbocycles. The Morgan fingerprint density at radius 3 is 2.63 bits per heavy atom. The van der Waals surface area contributed by atoms with Crippen molar-refractivity contribution in [3.8, 4) is 11.4 Å². The van der Waals surface area contributed by atoms with E-state index in [2.05, 4.69) is 19.8 Å². The van der Waals surface area contributed by atoms with Crippen LogP contribution in [0, 0.1) is 12.5 Å². The number of hydrogen-bond acceptors (Lipinski definition) is 4. The lowest BCUT2D eigenvalue weighted by Gasteiger charge is -2.36. The van der Waals surface area contributed by atoms with Gasteiger partial charge in [-0.1, -0.05) is 12.1 Å². The molecule has 9 heteroatoms. The highest BCUT2D eigenvalue weighted by Crippen LogP contribution is 2.47. The molecule has 35 heavy (non-hydrogen) atoms. The number of aromatic nitrogens is 3. The molecule has 1 aliphatic heterocycles. The minimum atomic E-state index is -4.42. The van der Waals surface area contributed by atoms with Crippen molar-refractivity contribution in [1.29, 1.82) is 0 Å². The maximum atomic E-state index is 13.9. The van der Waals surface area contributed by atoms with Crippen LogP contribution in [0.2, 0.25) is 0 Å². The summed E-state index contributed by atoms with van der Waals surface area (Å²) < 4.78 is 39.3. The number of aryl methyl sites for hydroxylation is 1. The van der Waals surface area contributed by atoms with Crippen LogP contribution in [0.25, 0.3) is 16.2 Å². The van der Waals surface area contributed by atoms with Crippen LogP contribution in [0.5, 0.6) is 0 Å². The van der Waals surface area contributed by atoms with E-state index in [1.165, 1.54) is 6.20 Å². The molecule has 1 amide bonds. The summed E-state index contributed by atoms with van der Waals surface area (Å²) in [7, 11) is 0. The normalized spacial score (nSPS) is 21.2. The van der Waals surface area contributed by atoms with E-state index in [-0.39, 0.29) is 18.0 Å². The Labute approximate surface area is 200 Å². The minimum absolute atomic E-state index is 0.108. The molecular formula is C26H22F3N5O. The van der Waals surface area contributed by atoms with Gasteiger partial charge in [0.1, 0.15) is 0 Å². The standard InChI is InChI=1S/C26H22F3N5O/c1-30-18-5-8-21(24-32-10-2-11-33-24)22(15-18)25(35)34-20(6-3-16-13-23(16)34)7-4-19-14-17(9-12-31-19)26(27,28)29/h2,5,8-12,14-16,20,23H,3-4,6-7,13H2/t16?,20-,23?/m0/s1. The molecule has 2 aromatic heterocycles. The highest BCUT2D eigenvalue weighted by Gasteiger charge is 2.50. The second kappa shape index (κ2) is 9.10. The zero-order chi connectivity index (χ0) is 24.6. The number of amides is 1. The second-order valence-electron chi connectivity index (χ2n) is 8.99. The van der Waals surface area contributed by atoms with Gasteiger partial charge in [-0.15, -0.1) is 0 Å². The number of halogens is 3. The highest BCUT2D eigenvalue weighted by molar-refractivity contribution is 6.01. The van der Waals surface area contributed by atoms with Gasteiger partial charge in [-0.25, -0.2) is 14.8 Å². The number of pyridine rings is 1. The SMILES string of the molecule is [C-]#[N+]c1ccc(-c2ncccn2)c(C(=O)N2C3CC3CC[C@H]2CCc2cc(C(F)(F)F)ccn2)c1. The number of alkyl halides is 3. The van der Waals surface area contributed by atoms with E-state index in [1.807, 2.05) is 4.90 Å². The lowest BCUT2D eigenvalue weighted by atomic mass is 9.94. The summed E-state index contributed by atoms with van der Waals surface area (Å²) in [5, 5.41) is 0. The van der Waals surface area contributed by atoms with Gasteiger partial charge in [-0.3, -0.25) is 9.78 Å². The number of rotatable bonds is 5. The molecule has 6 nitrogen and oxygen atoms in total. The van der Waals surface area contributed by atoms with Gasteiger partial charge < -0.3 is 4.90 Å². The van der Waals surface area contributed by atoms with Crippen LogP contribution < -0.4 is 0 Å². The predicted molar refractivity (Wildman–Crippen MR) is 122 cm³/mol. The van der Waals surface area contributed by atoms with Crippen molar-refractivity contribution in [2.75, 3.05) is 0 Å². The molecule has 3 aromatic rings. The summed E-state index contributed by atoms with van der Waals surface area (Å²) in [6.07, 6.45) is 3.51.